The minimum absolute atomic E-state index is 0.656. The summed E-state index contributed by atoms with van der Waals surface area (Å²) in [7, 11) is 3.24. The number of benzene rings is 1. The molecule has 0 radical (unpaired) electrons. The van der Waals surface area contributed by atoms with Gasteiger partial charge in [0, 0.05) is 17.5 Å². The number of aromatic nitrogens is 2. The Labute approximate surface area is 119 Å². The third-order valence-electron chi connectivity index (χ3n) is 2.95. The van der Waals surface area contributed by atoms with E-state index in [9.17, 15) is 0 Å². The van der Waals surface area contributed by atoms with Crippen molar-refractivity contribution >= 4 is 34.6 Å². The summed E-state index contributed by atoms with van der Waals surface area (Å²) in [6.07, 6.45) is 0. The Bertz CT molecular complexity index is 772. The van der Waals surface area contributed by atoms with E-state index in [-0.39, 0.29) is 0 Å². The van der Waals surface area contributed by atoms with E-state index in [1.165, 1.54) is 0 Å². The Kier molecular flexibility index (Phi) is 3.04. The molecule has 3 rings (SSSR count). The van der Waals surface area contributed by atoms with Crippen LogP contribution in [0.1, 0.15) is 0 Å². The zero-order valence-electron chi connectivity index (χ0n) is 10.5. The molecule has 2 heterocycles. The van der Waals surface area contributed by atoms with Crippen molar-refractivity contribution in [2.75, 3.05) is 14.2 Å². The van der Waals surface area contributed by atoms with Gasteiger partial charge in [-0.1, -0.05) is 0 Å². The van der Waals surface area contributed by atoms with Crippen LogP contribution in [0.25, 0.3) is 16.7 Å². The molecule has 0 unspecified atom stereocenters. The summed E-state index contributed by atoms with van der Waals surface area (Å²) in [5.74, 6) is 1.37. The SMILES string of the molecule is COc1cc2[nH]c(=S)n(-c3ccsc3)c2cc1OC. The van der Waals surface area contributed by atoms with Crippen molar-refractivity contribution in [3.63, 3.8) is 0 Å². The maximum atomic E-state index is 5.39. The number of fused-ring (bicyclic) bond motifs is 1. The van der Waals surface area contributed by atoms with Crippen molar-refractivity contribution in [3.8, 4) is 17.2 Å². The van der Waals surface area contributed by atoms with Gasteiger partial charge >= 0.3 is 0 Å². The molecule has 1 aromatic carbocycles. The number of rotatable bonds is 3. The van der Waals surface area contributed by atoms with Gasteiger partial charge < -0.3 is 14.5 Å². The average Bonchev–Trinajstić information content (AvgIpc) is 3.02. The summed E-state index contributed by atoms with van der Waals surface area (Å²) < 4.78 is 13.3. The number of H-pyrrole nitrogens is 1. The number of hydrogen-bond acceptors (Lipinski definition) is 4. The van der Waals surface area contributed by atoms with E-state index in [0.717, 1.165) is 16.7 Å². The van der Waals surface area contributed by atoms with Crippen LogP contribution in [0.4, 0.5) is 0 Å². The number of nitrogens with zero attached hydrogens (tertiary/aromatic N) is 1. The molecule has 3 aromatic rings. The fourth-order valence-corrected chi connectivity index (χ4v) is 3.01. The van der Waals surface area contributed by atoms with Crippen molar-refractivity contribution < 1.29 is 9.47 Å². The van der Waals surface area contributed by atoms with E-state index in [1.807, 2.05) is 28.1 Å². The topological polar surface area (TPSA) is 39.2 Å². The normalized spacial score (nSPS) is 10.8. The number of thiophene rings is 1. The fraction of sp³-hybridized carbons (Fsp3) is 0.154. The van der Waals surface area contributed by atoms with Gasteiger partial charge in [0.05, 0.1) is 30.9 Å². The minimum atomic E-state index is 0.656. The molecule has 0 amide bonds. The van der Waals surface area contributed by atoms with Crippen LogP contribution in [0.3, 0.4) is 0 Å². The molecule has 0 aliphatic rings. The third-order valence-corrected chi connectivity index (χ3v) is 3.91. The molecule has 98 valence electrons. The predicted octanol–water partition coefficient (Wildman–Crippen LogP) is 3.77. The van der Waals surface area contributed by atoms with E-state index < -0.39 is 0 Å². The predicted molar refractivity (Wildman–Crippen MR) is 79.4 cm³/mol. The summed E-state index contributed by atoms with van der Waals surface area (Å²) in [5, 5.41) is 4.08. The molecule has 6 heteroatoms. The average molecular weight is 292 g/mol. The highest BCUT2D eigenvalue weighted by molar-refractivity contribution is 7.71. The minimum Gasteiger partial charge on any atom is -0.493 e. The molecule has 0 bridgehead atoms. The maximum Gasteiger partial charge on any atom is 0.182 e. The third kappa shape index (κ3) is 1.93. The molecule has 2 aromatic heterocycles. The number of hydrogen-bond donors (Lipinski definition) is 1. The molecule has 0 atom stereocenters. The van der Waals surface area contributed by atoms with Gasteiger partial charge in [-0.05, 0) is 23.7 Å². The Morgan fingerprint density at radius 1 is 1.21 bits per heavy atom. The van der Waals surface area contributed by atoms with Gasteiger partial charge in [-0.25, -0.2) is 0 Å². The van der Waals surface area contributed by atoms with E-state index in [4.69, 9.17) is 21.7 Å². The van der Waals surface area contributed by atoms with Gasteiger partial charge in [0.25, 0.3) is 0 Å². The first-order chi connectivity index (χ1) is 9.24. The molecule has 0 fully saturated rings. The lowest BCUT2D eigenvalue weighted by Gasteiger charge is -2.08. The number of imidazole rings is 1. The van der Waals surface area contributed by atoms with Crippen LogP contribution in [0.5, 0.6) is 11.5 Å². The van der Waals surface area contributed by atoms with Crippen LogP contribution >= 0.6 is 23.6 Å². The largest absolute Gasteiger partial charge is 0.493 e. The summed E-state index contributed by atoms with van der Waals surface area (Å²) in [5.41, 5.74) is 2.95. The van der Waals surface area contributed by atoms with Crippen LogP contribution in [0.2, 0.25) is 0 Å². The number of nitrogens with one attached hydrogen (secondary N) is 1. The van der Waals surface area contributed by atoms with Gasteiger partial charge in [0.1, 0.15) is 0 Å². The molecular weight excluding hydrogens is 280 g/mol. The first-order valence-electron chi connectivity index (χ1n) is 5.64. The standard InChI is InChI=1S/C13H12N2O2S2/c1-16-11-5-9-10(6-12(11)17-2)15(13(18)14-9)8-3-4-19-7-8/h3-7H,1-2H3,(H,14,18). The summed E-state index contributed by atoms with van der Waals surface area (Å²) in [6.45, 7) is 0. The number of methoxy groups -OCH3 is 2. The van der Waals surface area contributed by atoms with Crippen LogP contribution in [0, 0.1) is 4.77 Å². The highest BCUT2D eigenvalue weighted by Gasteiger charge is 2.12. The summed E-state index contributed by atoms with van der Waals surface area (Å²) >= 11 is 7.03. The van der Waals surface area contributed by atoms with Crippen LogP contribution in [-0.4, -0.2) is 23.8 Å². The van der Waals surface area contributed by atoms with E-state index in [2.05, 4.69) is 10.4 Å². The highest BCUT2D eigenvalue weighted by Crippen LogP contribution is 2.33. The van der Waals surface area contributed by atoms with E-state index >= 15 is 0 Å². The summed E-state index contributed by atoms with van der Waals surface area (Å²) in [4.78, 5) is 3.19. The number of aromatic amines is 1. The molecule has 0 spiro atoms. The van der Waals surface area contributed by atoms with Crippen molar-refractivity contribution in [1.82, 2.24) is 9.55 Å². The second-order valence-corrected chi connectivity index (χ2v) is 5.14. The molecule has 0 aliphatic carbocycles. The van der Waals surface area contributed by atoms with Crippen molar-refractivity contribution in [2.24, 2.45) is 0 Å². The zero-order chi connectivity index (χ0) is 13.4. The molecule has 4 nitrogen and oxygen atoms in total. The van der Waals surface area contributed by atoms with Crippen LogP contribution in [-0.2, 0) is 0 Å². The van der Waals surface area contributed by atoms with Gasteiger partial charge in [-0.3, -0.25) is 4.57 Å². The lowest BCUT2D eigenvalue weighted by Crippen LogP contribution is -1.94. The fourth-order valence-electron chi connectivity index (χ4n) is 2.07. The molecule has 0 saturated carbocycles. The van der Waals surface area contributed by atoms with Gasteiger partial charge in [0.2, 0.25) is 0 Å². The number of ether oxygens (including phenoxy) is 2. The smallest absolute Gasteiger partial charge is 0.182 e. The molecule has 19 heavy (non-hydrogen) atoms. The second-order valence-electron chi connectivity index (χ2n) is 3.97. The molecule has 1 N–H and O–H groups in total. The Morgan fingerprint density at radius 3 is 2.58 bits per heavy atom. The van der Waals surface area contributed by atoms with Crippen molar-refractivity contribution in [2.45, 2.75) is 0 Å². The molecular formula is C13H12N2O2S2. The maximum absolute atomic E-state index is 5.39. The lowest BCUT2D eigenvalue weighted by molar-refractivity contribution is 0.355. The summed E-state index contributed by atoms with van der Waals surface area (Å²) in [6, 6.07) is 5.86. The van der Waals surface area contributed by atoms with Crippen molar-refractivity contribution in [1.29, 1.82) is 0 Å². The van der Waals surface area contributed by atoms with Crippen molar-refractivity contribution in [3.05, 3.63) is 33.7 Å². The Balaban J connectivity index is 2.35. The van der Waals surface area contributed by atoms with Crippen LogP contribution < -0.4 is 9.47 Å². The zero-order valence-corrected chi connectivity index (χ0v) is 12.1. The van der Waals surface area contributed by atoms with Gasteiger partial charge in [0.15, 0.2) is 16.3 Å². The monoisotopic (exact) mass is 292 g/mol. The molecule has 0 saturated heterocycles. The second kappa shape index (κ2) is 4.71. The van der Waals surface area contributed by atoms with Gasteiger partial charge in [-0.15, -0.1) is 0 Å². The first kappa shape index (κ1) is 12.3. The quantitative estimate of drug-likeness (QED) is 0.747. The van der Waals surface area contributed by atoms with Crippen LogP contribution in [0.15, 0.2) is 29.0 Å². The highest BCUT2D eigenvalue weighted by atomic mass is 32.1. The first-order valence-corrected chi connectivity index (χ1v) is 6.99. The Morgan fingerprint density at radius 2 is 1.95 bits per heavy atom. The van der Waals surface area contributed by atoms with Gasteiger partial charge in [-0.2, -0.15) is 11.3 Å². The van der Waals surface area contributed by atoms with E-state index in [1.54, 1.807) is 25.6 Å². The van der Waals surface area contributed by atoms with E-state index in [0.29, 0.717) is 16.3 Å². The molecule has 0 aliphatic heterocycles. The Hall–Kier alpha value is -1.79. The lowest BCUT2D eigenvalue weighted by atomic mass is 10.2.